The van der Waals surface area contributed by atoms with Crippen LogP contribution in [0, 0.1) is 0 Å². The highest BCUT2D eigenvalue weighted by molar-refractivity contribution is 5.95. The maximum Gasteiger partial charge on any atom is 0.227 e. The normalized spacial score (nSPS) is 21.1. The SMILES string of the molecule is O=C1CCCN1c1ccc(CN2CCOCC2)cc1. The highest BCUT2D eigenvalue weighted by Crippen LogP contribution is 2.22. The Kier molecular flexibility index (Phi) is 3.80. The molecule has 2 fully saturated rings. The Hall–Kier alpha value is -1.39. The maximum absolute atomic E-state index is 11.7. The molecule has 0 spiro atoms. The molecular weight excluding hydrogens is 240 g/mol. The summed E-state index contributed by atoms with van der Waals surface area (Å²) in [6, 6.07) is 8.41. The number of benzene rings is 1. The Morgan fingerprint density at radius 1 is 1.05 bits per heavy atom. The fourth-order valence-corrected chi connectivity index (χ4v) is 2.72. The van der Waals surface area contributed by atoms with Crippen LogP contribution in [-0.2, 0) is 16.1 Å². The van der Waals surface area contributed by atoms with E-state index in [4.69, 9.17) is 4.74 Å². The van der Waals surface area contributed by atoms with Gasteiger partial charge in [-0.1, -0.05) is 12.1 Å². The van der Waals surface area contributed by atoms with E-state index in [2.05, 4.69) is 29.2 Å². The highest BCUT2D eigenvalue weighted by Gasteiger charge is 2.21. The monoisotopic (exact) mass is 260 g/mol. The minimum absolute atomic E-state index is 0.251. The molecule has 0 saturated carbocycles. The third-order valence-electron chi connectivity index (χ3n) is 3.83. The van der Waals surface area contributed by atoms with Crippen LogP contribution >= 0.6 is 0 Å². The van der Waals surface area contributed by atoms with Gasteiger partial charge in [0.25, 0.3) is 0 Å². The summed E-state index contributed by atoms with van der Waals surface area (Å²) >= 11 is 0. The third-order valence-corrected chi connectivity index (χ3v) is 3.83. The zero-order chi connectivity index (χ0) is 13.1. The lowest BCUT2D eigenvalue weighted by Gasteiger charge is -2.26. The molecule has 2 saturated heterocycles. The summed E-state index contributed by atoms with van der Waals surface area (Å²) in [5.41, 5.74) is 2.34. The van der Waals surface area contributed by atoms with Crippen LogP contribution in [0.25, 0.3) is 0 Å². The van der Waals surface area contributed by atoms with Gasteiger partial charge in [-0.2, -0.15) is 0 Å². The van der Waals surface area contributed by atoms with Gasteiger partial charge in [-0.05, 0) is 24.1 Å². The first-order valence-electron chi connectivity index (χ1n) is 7.02. The van der Waals surface area contributed by atoms with Gasteiger partial charge < -0.3 is 9.64 Å². The first kappa shape index (κ1) is 12.6. The topological polar surface area (TPSA) is 32.8 Å². The number of rotatable bonds is 3. The number of hydrogen-bond donors (Lipinski definition) is 0. The van der Waals surface area contributed by atoms with Crippen LogP contribution in [0.1, 0.15) is 18.4 Å². The molecule has 4 heteroatoms. The van der Waals surface area contributed by atoms with Gasteiger partial charge in [0.15, 0.2) is 0 Å². The highest BCUT2D eigenvalue weighted by atomic mass is 16.5. The van der Waals surface area contributed by atoms with E-state index in [-0.39, 0.29) is 5.91 Å². The number of carbonyl (C=O) groups excluding carboxylic acids is 1. The third kappa shape index (κ3) is 2.96. The second-order valence-corrected chi connectivity index (χ2v) is 5.20. The molecule has 0 bridgehead atoms. The van der Waals surface area contributed by atoms with E-state index in [1.807, 2.05) is 4.90 Å². The van der Waals surface area contributed by atoms with Crippen molar-refractivity contribution >= 4 is 11.6 Å². The lowest BCUT2D eigenvalue weighted by molar-refractivity contribution is -0.117. The smallest absolute Gasteiger partial charge is 0.227 e. The Morgan fingerprint density at radius 2 is 1.79 bits per heavy atom. The molecule has 1 amide bonds. The summed E-state index contributed by atoms with van der Waals surface area (Å²) in [4.78, 5) is 16.0. The molecule has 0 aliphatic carbocycles. The zero-order valence-electron chi connectivity index (χ0n) is 11.2. The first-order chi connectivity index (χ1) is 9.33. The largest absolute Gasteiger partial charge is 0.379 e. The summed E-state index contributed by atoms with van der Waals surface area (Å²) in [5, 5.41) is 0. The lowest BCUT2D eigenvalue weighted by atomic mass is 10.2. The summed E-state index contributed by atoms with van der Waals surface area (Å²) in [5.74, 6) is 0.251. The number of carbonyl (C=O) groups is 1. The van der Waals surface area contributed by atoms with Crippen LogP contribution in [0.4, 0.5) is 5.69 Å². The van der Waals surface area contributed by atoms with Crippen LogP contribution in [0.15, 0.2) is 24.3 Å². The minimum Gasteiger partial charge on any atom is -0.379 e. The molecule has 0 aromatic heterocycles. The molecule has 102 valence electrons. The van der Waals surface area contributed by atoms with Crippen molar-refractivity contribution in [3.8, 4) is 0 Å². The average molecular weight is 260 g/mol. The average Bonchev–Trinajstić information content (AvgIpc) is 2.87. The molecule has 0 unspecified atom stereocenters. The number of amides is 1. The molecule has 0 N–H and O–H groups in total. The second kappa shape index (κ2) is 5.72. The molecule has 2 heterocycles. The van der Waals surface area contributed by atoms with E-state index >= 15 is 0 Å². The van der Waals surface area contributed by atoms with E-state index < -0.39 is 0 Å². The Labute approximate surface area is 113 Å². The molecule has 19 heavy (non-hydrogen) atoms. The molecule has 3 rings (SSSR count). The Morgan fingerprint density at radius 3 is 2.42 bits per heavy atom. The van der Waals surface area contributed by atoms with Crippen molar-refractivity contribution < 1.29 is 9.53 Å². The van der Waals surface area contributed by atoms with Gasteiger partial charge in [-0.3, -0.25) is 9.69 Å². The number of ether oxygens (including phenoxy) is 1. The summed E-state index contributed by atoms with van der Waals surface area (Å²) in [6.45, 7) is 5.51. The minimum atomic E-state index is 0.251. The van der Waals surface area contributed by atoms with Gasteiger partial charge in [0, 0.05) is 38.3 Å². The van der Waals surface area contributed by atoms with Gasteiger partial charge in [-0.25, -0.2) is 0 Å². The van der Waals surface area contributed by atoms with Gasteiger partial charge in [0.05, 0.1) is 13.2 Å². The maximum atomic E-state index is 11.7. The van der Waals surface area contributed by atoms with Crippen LogP contribution in [0.3, 0.4) is 0 Å². The summed E-state index contributed by atoms with van der Waals surface area (Å²) < 4.78 is 5.35. The van der Waals surface area contributed by atoms with Crippen molar-refractivity contribution in [3.63, 3.8) is 0 Å². The Balaban J connectivity index is 1.63. The molecule has 1 aromatic rings. The number of morpholine rings is 1. The van der Waals surface area contributed by atoms with E-state index in [0.29, 0.717) is 6.42 Å². The van der Waals surface area contributed by atoms with Crippen molar-refractivity contribution in [1.82, 2.24) is 4.90 Å². The van der Waals surface area contributed by atoms with E-state index in [0.717, 1.165) is 51.5 Å². The zero-order valence-corrected chi connectivity index (χ0v) is 11.2. The molecule has 4 nitrogen and oxygen atoms in total. The fraction of sp³-hybridized carbons (Fsp3) is 0.533. The molecular formula is C15H20N2O2. The van der Waals surface area contributed by atoms with Crippen molar-refractivity contribution in [1.29, 1.82) is 0 Å². The van der Waals surface area contributed by atoms with E-state index in [9.17, 15) is 4.79 Å². The molecule has 0 radical (unpaired) electrons. The van der Waals surface area contributed by atoms with Gasteiger partial charge in [-0.15, -0.1) is 0 Å². The standard InChI is InChI=1S/C15H20N2O2/c18-15-2-1-7-17(15)14-5-3-13(4-6-14)12-16-8-10-19-11-9-16/h3-6H,1-2,7-12H2. The van der Waals surface area contributed by atoms with E-state index in [1.54, 1.807) is 0 Å². The van der Waals surface area contributed by atoms with Crippen molar-refractivity contribution in [3.05, 3.63) is 29.8 Å². The molecule has 0 atom stereocenters. The summed E-state index contributed by atoms with van der Waals surface area (Å²) in [7, 11) is 0. The van der Waals surface area contributed by atoms with Gasteiger partial charge >= 0.3 is 0 Å². The Bertz CT molecular complexity index is 438. The second-order valence-electron chi connectivity index (χ2n) is 5.20. The molecule has 1 aromatic carbocycles. The van der Waals surface area contributed by atoms with Gasteiger partial charge in [0.1, 0.15) is 0 Å². The number of nitrogens with zero attached hydrogens (tertiary/aromatic N) is 2. The number of hydrogen-bond acceptors (Lipinski definition) is 3. The van der Waals surface area contributed by atoms with Crippen LogP contribution in [-0.4, -0.2) is 43.7 Å². The van der Waals surface area contributed by atoms with Crippen molar-refractivity contribution in [2.75, 3.05) is 37.7 Å². The predicted molar refractivity (Wildman–Crippen MR) is 74.1 cm³/mol. The lowest BCUT2D eigenvalue weighted by Crippen LogP contribution is -2.35. The van der Waals surface area contributed by atoms with Crippen LogP contribution in [0.2, 0.25) is 0 Å². The van der Waals surface area contributed by atoms with E-state index in [1.165, 1.54) is 5.56 Å². The fourth-order valence-electron chi connectivity index (χ4n) is 2.72. The quantitative estimate of drug-likeness (QED) is 0.828. The van der Waals surface area contributed by atoms with Gasteiger partial charge in [0.2, 0.25) is 5.91 Å². The molecule has 2 aliphatic rings. The van der Waals surface area contributed by atoms with Crippen LogP contribution < -0.4 is 4.90 Å². The predicted octanol–water partition coefficient (Wildman–Crippen LogP) is 1.65. The van der Waals surface area contributed by atoms with Crippen LogP contribution in [0.5, 0.6) is 0 Å². The first-order valence-corrected chi connectivity index (χ1v) is 7.02. The summed E-state index contributed by atoms with van der Waals surface area (Å²) in [6.07, 6.45) is 1.67. The number of anilines is 1. The van der Waals surface area contributed by atoms with Crippen molar-refractivity contribution in [2.45, 2.75) is 19.4 Å². The molecule has 2 aliphatic heterocycles. The van der Waals surface area contributed by atoms with Crippen molar-refractivity contribution in [2.24, 2.45) is 0 Å².